The summed E-state index contributed by atoms with van der Waals surface area (Å²) in [6.45, 7) is 20.1. The van der Waals surface area contributed by atoms with E-state index in [0.29, 0.717) is 57.3 Å². The normalized spacial score (nSPS) is 18.9. The second-order valence-corrected chi connectivity index (χ2v) is 21.9. The number of hydrogen-bond donors (Lipinski definition) is 0. The molecule has 0 spiro atoms. The predicted octanol–water partition coefficient (Wildman–Crippen LogP) is 9.80. The van der Waals surface area contributed by atoms with E-state index in [9.17, 15) is 4.79 Å². The number of piperidine rings is 1. The average molecular weight is 716 g/mol. The number of likely N-dealkylation sites (tertiary alicyclic amines) is 1. The molecule has 272 valence electrons. The first-order chi connectivity index (χ1) is 24.0. The Balaban J connectivity index is 1.46. The van der Waals surface area contributed by atoms with E-state index in [0.717, 1.165) is 10.9 Å². The zero-order chi connectivity index (χ0) is 37.2. The van der Waals surface area contributed by atoms with Crippen LogP contribution in [0.1, 0.15) is 79.4 Å². The van der Waals surface area contributed by atoms with Crippen molar-refractivity contribution < 1.29 is 27.8 Å². The molecule has 0 radical (unpaired) electrons. The van der Waals surface area contributed by atoms with Crippen molar-refractivity contribution in [3.63, 3.8) is 0 Å². The van der Waals surface area contributed by atoms with E-state index in [1.807, 2.05) is 44.6 Å². The SMILES string of the molecule is COCOc1cc(-c2ncc3c(C4[C@H]5CN(C(=O)OC(C)(C)C)C[C@@H]45)cn(C)c3c2F)c2c(C#C[Si](C(C)C)(C(C)C)C(C)C)c(F)ccc2c1. The third-order valence-corrected chi connectivity index (χ3v) is 17.4. The fourth-order valence-electron chi connectivity index (χ4n) is 8.83. The summed E-state index contributed by atoms with van der Waals surface area (Å²) in [5.74, 6) is 3.61. The van der Waals surface area contributed by atoms with Crippen molar-refractivity contribution in [1.82, 2.24) is 14.5 Å². The first-order valence-electron chi connectivity index (χ1n) is 18.0. The van der Waals surface area contributed by atoms with Crippen LogP contribution < -0.4 is 4.74 Å². The molecule has 3 atom stereocenters. The van der Waals surface area contributed by atoms with Gasteiger partial charge in [0.05, 0.1) is 11.1 Å². The summed E-state index contributed by atoms with van der Waals surface area (Å²) in [6, 6.07) is 6.62. The molecule has 2 aromatic carbocycles. The number of halogens is 2. The van der Waals surface area contributed by atoms with Gasteiger partial charge in [0.1, 0.15) is 30.9 Å². The topological polar surface area (TPSA) is 65.8 Å². The maximum absolute atomic E-state index is 17.0. The number of hydrogen-bond acceptors (Lipinski definition) is 5. The molecule has 1 unspecified atom stereocenters. The summed E-state index contributed by atoms with van der Waals surface area (Å²) in [5, 5.41) is 1.92. The number of benzene rings is 2. The second kappa shape index (κ2) is 13.6. The zero-order valence-electron chi connectivity index (χ0n) is 31.8. The molecule has 4 aromatic rings. The maximum Gasteiger partial charge on any atom is 0.410 e. The molecule has 6 rings (SSSR count). The van der Waals surface area contributed by atoms with E-state index in [2.05, 4.69) is 53.0 Å². The number of carbonyl (C=O) groups excluding carboxylic acids is 1. The molecule has 2 aliphatic rings. The van der Waals surface area contributed by atoms with Crippen LogP contribution in [-0.4, -0.2) is 61.2 Å². The van der Waals surface area contributed by atoms with Gasteiger partial charge in [-0.2, -0.15) is 0 Å². The molecule has 1 aliphatic carbocycles. The van der Waals surface area contributed by atoms with Crippen molar-refractivity contribution in [2.24, 2.45) is 18.9 Å². The number of carbonyl (C=O) groups is 1. The van der Waals surface area contributed by atoms with Gasteiger partial charge in [-0.15, -0.1) is 5.54 Å². The van der Waals surface area contributed by atoms with Crippen LogP contribution in [-0.2, 0) is 16.5 Å². The summed E-state index contributed by atoms with van der Waals surface area (Å²) in [6.07, 6.45) is 3.43. The highest BCUT2D eigenvalue weighted by molar-refractivity contribution is 6.90. The molecule has 0 bridgehead atoms. The van der Waals surface area contributed by atoms with Gasteiger partial charge in [0, 0.05) is 56.0 Å². The highest BCUT2D eigenvalue weighted by Crippen LogP contribution is 2.60. The number of rotatable bonds is 8. The highest BCUT2D eigenvalue weighted by atomic mass is 28.3. The van der Waals surface area contributed by atoms with Crippen molar-refractivity contribution >= 4 is 35.8 Å². The predicted molar refractivity (Wildman–Crippen MR) is 202 cm³/mol. The third-order valence-electron chi connectivity index (χ3n) is 11.1. The lowest BCUT2D eigenvalue weighted by Crippen LogP contribution is -2.43. The second-order valence-electron chi connectivity index (χ2n) is 16.3. The van der Waals surface area contributed by atoms with Crippen molar-refractivity contribution in [3.05, 3.63) is 59.4 Å². The molecule has 1 saturated carbocycles. The lowest BCUT2D eigenvalue weighted by Gasteiger charge is -2.38. The monoisotopic (exact) mass is 715 g/mol. The van der Waals surface area contributed by atoms with Crippen LogP contribution in [0, 0.1) is 34.9 Å². The Morgan fingerprint density at radius 2 is 1.69 bits per heavy atom. The van der Waals surface area contributed by atoms with Crippen LogP contribution in [0.2, 0.25) is 16.6 Å². The first-order valence-corrected chi connectivity index (χ1v) is 20.3. The molecule has 51 heavy (non-hydrogen) atoms. The van der Waals surface area contributed by atoms with Gasteiger partial charge in [0.2, 0.25) is 0 Å². The summed E-state index contributed by atoms with van der Waals surface area (Å²) in [5.41, 5.74) is 6.40. The van der Waals surface area contributed by atoms with Gasteiger partial charge >= 0.3 is 6.09 Å². The first kappa shape index (κ1) is 36.8. The molecule has 7 nitrogen and oxygen atoms in total. The molecule has 1 aliphatic heterocycles. The van der Waals surface area contributed by atoms with Crippen molar-refractivity contribution in [1.29, 1.82) is 0 Å². The van der Waals surface area contributed by atoms with E-state index < -0.39 is 25.3 Å². The lowest BCUT2D eigenvalue weighted by molar-refractivity contribution is 0.0271. The van der Waals surface area contributed by atoms with Crippen molar-refractivity contribution in [3.8, 4) is 28.5 Å². The number of pyridine rings is 1. The van der Waals surface area contributed by atoms with E-state index >= 15 is 8.78 Å². The Bertz CT molecular complexity index is 2020. The third kappa shape index (κ3) is 6.52. The number of fused-ring (bicyclic) bond motifs is 3. The number of methoxy groups -OCH3 is 1. The zero-order valence-corrected chi connectivity index (χ0v) is 32.8. The minimum Gasteiger partial charge on any atom is -0.468 e. The smallest absolute Gasteiger partial charge is 0.410 e. The Labute approximate surface area is 301 Å². The number of nitrogens with zero attached hydrogens (tertiary/aromatic N) is 3. The number of ether oxygens (including phenoxy) is 3. The molecule has 2 aromatic heterocycles. The molecule has 1 saturated heterocycles. The largest absolute Gasteiger partial charge is 0.468 e. The molecule has 0 N–H and O–H groups in total. The van der Waals surface area contributed by atoms with Gasteiger partial charge in [-0.3, -0.25) is 4.98 Å². The fourth-order valence-corrected chi connectivity index (χ4v) is 14.0. The van der Waals surface area contributed by atoms with E-state index in [-0.39, 0.29) is 41.9 Å². The molecule has 2 fully saturated rings. The van der Waals surface area contributed by atoms with Gasteiger partial charge < -0.3 is 23.7 Å². The standard InChI is InChI=1S/C41H51F2N3O4Si/c1-23(2)51(24(3)4,25(5)6)15-14-28-34(42)13-12-26-16-27(49-22-48-11)17-29(35(26)28)38-37(43)39-30(18-44-38)31(19-45(39)10)36-32-20-46(21-33(32)36)40(47)50-41(7,8)9/h12-13,16-19,23-25,32-33,36H,20-22H2,1-11H3/t32-,33+,36?. The van der Waals surface area contributed by atoms with Crippen LogP contribution in [0.3, 0.4) is 0 Å². The molecule has 3 heterocycles. The van der Waals surface area contributed by atoms with Crippen LogP contribution >= 0.6 is 0 Å². The van der Waals surface area contributed by atoms with E-state index in [4.69, 9.17) is 19.2 Å². The molecule has 1 amide bonds. The minimum absolute atomic E-state index is 0.00468. The van der Waals surface area contributed by atoms with Gasteiger partial charge in [-0.05, 0) is 84.3 Å². The van der Waals surface area contributed by atoms with Crippen molar-refractivity contribution in [2.75, 3.05) is 27.0 Å². The van der Waals surface area contributed by atoms with Crippen LogP contribution in [0.25, 0.3) is 32.9 Å². The van der Waals surface area contributed by atoms with Crippen LogP contribution in [0.5, 0.6) is 5.75 Å². The van der Waals surface area contributed by atoms with Crippen LogP contribution in [0.4, 0.5) is 13.6 Å². The highest BCUT2D eigenvalue weighted by Gasteiger charge is 2.58. The van der Waals surface area contributed by atoms with Crippen LogP contribution in [0.15, 0.2) is 36.7 Å². The van der Waals surface area contributed by atoms with Gasteiger partial charge in [0.25, 0.3) is 0 Å². The van der Waals surface area contributed by atoms with Gasteiger partial charge in [0.15, 0.2) is 12.6 Å². The number of aryl methyl sites for hydroxylation is 1. The summed E-state index contributed by atoms with van der Waals surface area (Å²) in [4.78, 5) is 19.2. The molecular weight excluding hydrogens is 665 g/mol. The Morgan fingerprint density at radius 1 is 1.04 bits per heavy atom. The quantitative estimate of drug-likeness (QED) is 0.103. The Hall–Kier alpha value is -3.94. The molecule has 10 heteroatoms. The molecular formula is C41H51F2N3O4Si. The summed E-state index contributed by atoms with van der Waals surface area (Å²) >= 11 is 0. The number of aromatic nitrogens is 2. The van der Waals surface area contributed by atoms with E-state index in [1.54, 1.807) is 23.2 Å². The number of amides is 1. The minimum atomic E-state index is -2.22. The van der Waals surface area contributed by atoms with E-state index in [1.165, 1.54) is 13.2 Å². The average Bonchev–Trinajstić information content (AvgIpc) is 3.33. The summed E-state index contributed by atoms with van der Waals surface area (Å²) in [7, 11) is 1.15. The van der Waals surface area contributed by atoms with Crippen molar-refractivity contribution in [2.45, 2.75) is 90.5 Å². The Morgan fingerprint density at radius 3 is 2.27 bits per heavy atom. The Kier molecular flexibility index (Phi) is 9.79. The fraction of sp³-hybridized carbons (Fsp3) is 0.512. The maximum atomic E-state index is 17.0. The van der Waals surface area contributed by atoms with Gasteiger partial charge in [-0.25, -0.2) is 13.6 Å². The van der Waals surface area contributed by atoms with Gasteiger partial charge in [-0.1, -0.05) is 53.5 Å². The lowest BCUT2D eigenvalue weighted by atomic mass is 9.95. The summed E-state index contributed by atoms with van der Waals surface area (Å²) < 4.78 is 51.4.